The molecular weight excluding hydrogens is 140 g/mol. The van der Waals surface area contributed by atoms with Crippen molar-refractivity contribution in [3.8, 4) is 0 Å². The van der Waals surface area contributed by atoms with E-state index in [-0.39, 0.29) is 5.78 Å². The van der Waals surface area contributed by atoms with Gasteiger partial charge in [0.05, 0.1) is 0 Å². The van der Waals surface area contributed by atoms with Gasteiger partial charge in [-0.3, -0.25) is 4.79 Å². The number of aliphatic hydroxyl groups is 1. The Balaban J connectivity index is 2.19. The number of rotatable bonds is 4. The van der Waals surface area contributed by atoms with E-state index < -0.39 is 5.60 Å². The van der Waals surface area contributed by atoms with Crippen molar-refractivity contribution in [1.82, 2.24) is 0 Å². The standard InChI is InChI=1S/C9H16O2/c1-9(2,11)8(10)6-5-7-3-4-7/h7,11H,3-6H2,1-2H3. The summed E-state index contributed by atoms with van der Waals surface area (Å²) >= 11 is 0. The molecule has 2 nitrogen and oxygen atoms in total. The van der Waals surface area contributed by atoms with E-state index in [0.717, 1.165) is 12.3 Å². The van der Waals surface area contributed by atoms with Crippen molar-refractivity contribution < 1.29 is 9.90 Å². The molecule has 1 saturated carbocycles. The summed E-state index contributed by atoms with van der Waals surface area (Å²) in [6.45, 7) is 3.12. The van der Waals surface area contributed by atoms with Gasteiger partial charge in [0.2, 0.25) is 0 Å². The van der Waals surface area contributed by atoms with Crippen LogP contribution in [0.2, 0.25) is 0 Å². The second-order valence-electron chi connectivity index (χ2n) is 3.96. The van der Waals surface area contributed by atoms with Gasteiger partial charge in [0, 0.05) is 6.42 Å². The van der Waals surface area contributed by atoms with Crippen molar-refractivity contribution in [1.29, 1.82) is 0 Å². The molecule has 2 heteroatoms. The first-order chi connectivity index (χ1) is 5.00. The highest BCUT2D eigenvalue weighted by atomic mass is 16.3. The molecule has 64 valence electrons. The SMILES string of the molecule is CC(C)(O)C(=O)CCC1CC1. The van der Waals surface area contributed by atoms with Gasteiger partial charge in [-0.2, -0.15) is 0 Å². The van der Waals surface area contributed by atoms with E-state index in [1.807, 2.05) is 0 Å². The van der Waals surface area contributed by atoms with E-state index >= 15 is 0 Å². The Labute approximate surface area is 67.6 Å². The summed E-state index contributed by atoms with van der Waals surface area (Å²) in [5, 5.41) is 9.27. The lowest BCUT2D eigenvalue weighted by Crippen LogP contribution is -2.30. The van der Waals surface area contributed by atoms with E-state index in [2.05, 4.69) is 0 Å². The fraction of sp³-hybridized carbons (Fsp3) is 0.889. The molecule has 0 atom stereocenters. The van der Waals surface area contributed by atoms with Gasteiger partial charge in [-0.05, 0) is 26.2 Å². The molecule has 0 spiro atoms. The average molecular weight is 156 g/mol. The molecular formula is C9H16O2. The molecule has 0 radical (unpaired) electrons. The van der Waals surface area contributed by atoms with Crippen LogP contribution >= 0.6 is 0 Å². The van der Waals surface area contributed by atoms with Gasteiger partial charge in [0.1, 0.15) is 5.60 Å². The summed E-state index contributed by atoms with van der Waals surface area (Å²) in [7, 11) is 0. The van der Waals surface area contributed by atoms with Crippen LogP contribution in [0.1, 0.15) is 39.5 Å². The maximum Gasteiger partial charge on any atom is 0.163 e. The second-order valence-corrected chi connectivity index (χ2v) is 3.96. The van der Waals surface area contributed by atoms with Crippen LogP contribution in [-0.4, -0.2) is 16.5 Å². The quantitative estimate of drug-likeness (QED) is 0.670. The molecule has 1 fully saturated rings. The van der Waals surface area contributed by atoms with E-state index in [1.165, 1.54) is 12.8 Å². The Bertz CT molecular complexity index is 151. The lowest BCUT2D eigenvalue weighted by molar-refractivity contribution is -0.134. The van der Waals surface area contributed by atoms with Gasteiger partial charge in [0.15, 0.2) is 5.78 Å². The summed E-state index contributed by atoms with van der Waals surface area (Å²) in [4.78, 5) is 11.1. The molecule has 0 bridgehead atoms. The minimum Gasteiger partial charge on any atom is -0.383 e. The van der Waals surface area contributed by atoms with Crippen LogP contribution in [0.3, 0.4) is 0 Å². The highest BCUT2D eigenvalue weighted by molar-refractivity contribution is 5.86. The van der Waals surface area contributed by atoms with Crippen LogP contribution in [-0.2, 0) is 4.79 Å². The normalized spacial score (nSPS) is 18.5. The summed E-state index contributed by atoms with van der Waals surface area (Å²) < 4.78 is 0. The highest BCUT2D eigenvalue weighted by Gasteiger charge is 2.27. The van der Waals surface area contributed by atoms with Gasteiger partial charge in [-0.1, -0.05) is 12.8 Å². The minimum absolute atomic E-state index is 0.0237. The maximum atomic E-state index is 11.1. The largest absolute Gasteiger partial charge is 0.383 e. The smallest absolute Gasteiger partial charge is 0.163 e. The fourth-order valence-electron chi connectivity index (χ4n) is 1.05. The number of carbonyl (C=O) groups excluding carboxylic acids is 1. The molecule has 0 heterocycles. The number of hydrogen-bond acceptors (Lipinski definition) is 2. The summed E-state index contributed by atoms with van der Waals surface area (Å²) in [6.07, 6.45) is 4.08. The molecule has 0 unspecified atom stereocenters. The Morgan fingerprint density at radius 2 is 2.09 bits per heavy atom. The van der Waals surface area contributed by atoms with Crippen molar-refractivity contribution in [2.24, 2.45) is 5.92 Å². The predicted octanol–water partition coefficient (Wildman–Crippen LogP) is 1.52. The summed E-state index contributed by atoms with van der Waals surface area (Å²) in [6, 6.07) is 0. The van der Waals surface area contributed by atoms with E-state index in [1.54, 1.807) is 13.8 Å². The van der Waals surface area contributed by atoms with Crippen molar-refractivity contribution in [2.45, 2.75) is 45.1 Å². The van der Waals surface area contributed by atoms with Crippen molar-refractivity contribution in [2.75, 3.05) is 0 Å². The van der Waals surface area contributed by atoms with Crippen LogP contribution < -0.4 is 0 Å². The number of ketones is 1. The van der Waals surface area contributed by atoms with Crippen LogP contribution in [0.5, 0.6) is 0 Å². The molecule has 0 amide bonds. The summed E-state index contributed by atoms with van der Waals surface area (Å²) in [5.74, 6) is 0.755. The lowest BCUT2D eigenvalue weighted by atomic mass is 9.99. The Hall–Kier alpha value is -0.370. The first-order valence-corrected chi connectivity index (χ1v) is 4.26. The third-order valence-corrected chi connectivity index (χ3v) is 2.16. The third kappa shape index (κ3) is 3.02. The molecule has 11 heavy (non-hydrogen) atoms. The van der Waals surface area contributed by atoms with Gasteiger partial charge in [-0.15, -0.1) is 0 Å². The zero-order chi connectivity index (χ0) is 8.48. The van der Waals surface area contributed by atoms with Crippen LogP contribution in [0, 0.1) is 5.92 Å². The van der Waals surface area contributed by atoms with Crippen molar-refractivity contribution in [3.63, 3.8) is 0 Å². The second kappa shape index (κ2) is 2.94. The molecule has 0 aromatic carbocycles. The first-order valence-electron chi connectivity index (χ1n) is 4.26. The Kier molecular flexibility index (Phi) is 2.33. The van der Waals surface area contributed by atoms with Crippen molar-refractivity contribution >= 4 is 5.78 Å². The van der Waals surface area contributed by atoms with E-state index in [9.17, 15) is 9.90 Å². The average Bonchev–Trinajstić information content (AvgIpc) is 2.62. The zero-order valence-corrected chi connectivity index (χ0v) is 7.26. The molecule has 0 aromatic rings. The predicted molar refractivity (Wildman–Crippen MR) is 43.3 cm³/mol. The van der Waals surface area contributed by atoms with Gasteiger partial charge < -0.3 is 5.11 Å². The Morgan fingerprint density at radius 3 is 2.45 bits per heavy atom. The molecule has 1 aliphatic carbocycles. The maximum absolute atomic E-state index is 11.1. The van der Waals surface area contributed by atoms with Crippen molar-refractivity contribution in [3.05, 3.63) is 0 Å². The molecule has 1 rings (SSSR count). The van der Waals surface area contributed by atoms with Gasteiger partial charge in [-0.25, -0.2) is 0 Å². The molecule has 0 saturated heterocycles. The first kappa shape index (κ1) is 8.72. The number of Topliss-reactive ketones (excluding diaryl/α,β-unsaturated/α-hetero) is 1. The topological polar surface area (TPSA) is 37.3 Å². The monoisotopic (exact) mass is 156 g/mol. The molecule has 0 aliphatic heterocycles. The van der Waals surface area contributed by atoms with Crippen LogP contribution in [0.15, 0.2) is 0 Å². The number of carbonyl (C=O) groups is 1. The lowest BCUT2D eigenvalue weighted by Gasteiger charge is -2.14. The van der Waals surface area contributed by atoms with Gasteiger partial charge >= 0.3 is 0 Å². The highest BCUT2D eigenvalue weighted by Crippen LogP contribution is 2.33. The van der Waals surface area contributed by atoms with E-state index in [0.29, 0.717) is 6.42 Å². The van der Waals surface area contributed by atoms with Crippen LogP contribution in [0.25, 0.3) is 0 Å². The molecule has 1 aliphatic rings. The third-order valence-electron chi connectivity index (χ3n) is 2.16. The van der Waals surface area contributed by atoms with Gasteiger partial charge in [0.25, 0.3) is 0 Å². The molecule has 0 aromatic heterocycles. The van der Waals surface area contributed by atoms with Crippen LogP contribution in [0.4, 0.5) is 0 Å². The molecule has 1 N–H and O–H groups in total. The van der Waals surface area contributed by atoms with E-state index in [4.69, 9.17) is 0 Å². The zero-order valence-electron chi connectivity index (χ0n) is 7.26. The fourth-order valence-corrected chi connectivity index (χ4v) is 1.05. The minimum atomic E-state index is -1.12. The summed E-state index contributed by atoms with van der Waals surface area (Å²) in [5.41, 5.74) is -1.12. The Morgan fingerprint density at radius 1 is 1.55 bits per heavy atom. The number of hydrogen-bond donors (Lipinski definition) is 1.